The number of nitrogens with zero attached hydrogens (tertiary/aromatic N) is 1. The summed E-state index contributed by atoms with van der Waals surface area (Å²) in [5.41, 5.74) is -0.658. The number of carbonyl (C=O) groups is 2. The van der Waals surface area contributed by atoms with Gasteiger partial charge in [0.2, 0.25) is 11.8 Å². The van der Waals surface area contributed by atoms with Gasteiger partial charge in [-0.15, -0.1) is 0 Å². The molecule has 0 spiro atoms. The van der Waals surface area contributed by atoms with Crippen molar-refractivity contribution in [1.29, 1.82) is 0 Å². The van der Waals surface area contributed by atoms with Gasteiger partial charge in [0.05, 0.1) is 6.54 Å². The molecule has 1 heterocycles. The minimum atomic E-state index is -0.658. The van der Waals surface area contributed by atoms with Crippen LogP contribution in [0.1, 0.15) is 65.7 Å². The van der Waals surface area contributed by atoms with Crippen LogP contribution in [-0.4, -0.2) is 35.3 Å². The van der Waals surface area contributed by atoms with Crippen molar-refractivity contribution in [2.24, 2.45) is 11.8 Å². The van der Waals surface area contributed by atoms with Crippen LogP contribution in [0.5, 0.6) is 0 Å². The van der Waals surface area contributed by atoms with Crippen molar-refractivity contribution in [3.8, 4) is 0 Å². The molecule has 0 aromatic heterocycles. The molecule has 2 unspecified atom stereocenters. The van der Waals surface area contributed by atoms with E-state index >= 15 is 0 Å². The zero-order valence-electron chi connectivity index (χ0n) is 13.8. The molecule has 2 atom stereocenters. The van der Waals surface area contributed by atoms with E-state index in [1.807, 2.05) is 13.8 Å². The highest BCUT2D eigenvalue weighted by Crippen LogP contribution is 2.31. The summed E-state index contributed by atoms with van der Waals surface area (Å²) >= 11 is 0. The summed E-state index contributed by atoms with van der Waals surface area (Å²) in [7, 11) is 0. The fourth-order valence-corrected chi connectivity index (χ4v) is 3.98. The van der Waals surface area contributed by atoms with Crippen LogP contribution in [0.25, 0.3) is 0 Å². The highest BCUT2D eigenvalue weighted by molar-refractivity contribution is 5.97. The van der Waals surface area contributed by atoms with Gasteiger partial charge in [-0.05, 0) is 37.5 Å². The first kappa shape index (κ1) is 16.3. The van der Waals surface area contributed by atoms with Gasteiger partial charge >= 0.3 is 0 Å². The molecule has 2 rings (SSSR count). The van der Waals surface area contributed by atoms with Gasteiger partial charge in [-0.2, -0.15) is 0 Å². The second kappa shape index (κ2) is 6.80. The predicted molar refractivity (Wildman–Crippen MR) is 83.8 cm³/mol. The topological polar surface area (TPSA) is 49.4 Å². The molecule has 1 saturated carbocycles. The fourth-order valence-electron chi connectivity index (χ4n) is 3.98. The third kappa shape index (κ3) is 3.58. The summed E-state index contributed by atoms with van der Waals surface area (Å²) in [6, 6.07) is 0. The van der Waals surface area contributed by atoms with Gasteiger partial charge in [0.15, 0.2) is 0 Å². The van der Waals surface area contributed by atoms with Gasteiger partial charge < -0.3 is 10.2 Å². The summed E-state index contributed by atoms with van der Waals surface area (Å²) in [6.45, 7) is 7.26. The number of piperazine rings is 1. The molecule has 1 saturated heterocycles. The standard InChI is InChI=1S/C17H30N2O2/c1-4-17(5-2)16(21)19(12-15(20)18-17)10-9-14-8-6-7-13(3)11-14/h13-14H,4-12H2,1-3H3,(H,18,20). The minimum absolute atomic E-state index is 0.00434. The number of nitrogens with one attached hydrogen (secondary N) is 1. The van der Waals surface area contributed by atoms with Crippen LogP contribution in [0.3, 0.4) is 0 Å². The van der Waals surface area contributed by atoms with Crippen LogP contribution in [0.2, 0.25) is 0 Å². The van der Waals surface area contributed by atoms with E-state index in [1.54, 1.807) is 4.90 Å². The van der Waals surface area contributed by atoms with Crippen molar-refractivity contribution in [3.05, 3.63) is 0 Å². The highest BCUT2D eigenvalue weighted by atomic mass is 16.2. The van der Waals surface area contributed by atoms with Crippen LogP contribution >= 0.6 is 0 Å². The Labute approximate surface area is 128 Å². The van der Waals surface area contributed by atoms with E-state index in [9.17, 15) is 9.59 Å². The van der Waals surface area contributed by atoms with E-state index in [1.165, 1.54) is 25.7 Å². The molecule has 2 fully saturated rings. The average molecular weight is 294 g/mol. The number of hydrogen-bond acceptors (Lipinski definition) is 2. The van der Waals surface area contributed by atoms with E-state index in [0.717, 1.165) is 24.8 Å². The minimum Gasteiger partial charge on any atom is -0.340 e. The third-order valence-electron chi connectivity index (χ3n) is 5.47. The first-order chi connectivity index (χ1) is 10.0. The van der Waals surface area contributed by atoms with E-state index in [4.69, 9.17) is 0 Å². The van der Waals surface area contributed by atoms with E-state index in [-0.39, 0.29) is 18.4 Å². The van der Waals surface area contributed by atoms with Crippen LogP contribution < -0.4 is 5.32 Å². The lowest BCUT2D eigenvalue weighted by molar-refractivity contribution is -0.150. The predicted octanol–water partition coefficient (Wildman–Crippen LogP) is 2.72. The van der Waals surface area contributed by atoms with Gasteiger partial charge in [-0.3, -0.25) is 9.59 Å². The number of carbonyl (C=O) groups excluding carboxylic acids is 2. The molecule has 1 aliphatic carbocycles. The summed E-state index contributed by atoms with van der Waals surface area (Å²) in [5.74, 6) is 1.66. The zero-order valence-corrected chi connectivity index (χ0v) is 13.8. The molecule has 0 aromatic carbocycles. The Bertz CT molecular complexity index is 390. The van der Waals surface area contributed by atoms with E-state index in [0.29, 0.717) is 12.8 Å². The highest BCUT2D eigenvalue weighted by Gasteiger charge is 2.43. The molecule has 21 heavy (non-hydrogen) atoms. The van der Waals surface area contributed by atoms with E-state index < -0.39 is 5.54 Å². The Balaban J connectivity index is 1.95. The Hall–Kier alpha value is -1.06. The summed E-state index contributed by atoms with van der Waals surface area (Å²) in [6.07, 6.45) is 7.61. The molecule has 0 bridgehead atoms. The quantitative estimate of drug-likeness (QED) is 0.847. The van der Waals surface area contributed by atoms with E-state index in [2.05, 4.69) is 12.2 Å². The Morgan fingerprint density at radius 3 is 2.57 bits per heavy atom. The van der Waals surface area contributed by atoms with Gasteiger partial charge in [0.1, 0.15) is 5.54 Å². The molecule has 2 amide bonds. The molecule has 1 N–H and O–H groups in total. The van der Waals surface area contributed by atoms with Crippen LogP contribution in [0.15, 0.2) is 0 Å². The average Bonchev–Trinajstić information content (AvgIpc) is 2.48. The number of amides is 2. The molecule has 120 valence electrons. The maximum atomic E-state index is 12.7. The molecule has 4 heteroatoms. The van der Waals surface area contributed by atoms with Crippen molar-refractivity contribution in [3.63, 3.8) is 0 Å². The summed E-state index contributed by atoms with van der Waals surface area (Å²) < 4.78 is 0. The SMILES string of the molecule is CCC1(CC)NC(=O)CN(CCC2CCCC(C)C2)C1=O. The van der Waals surface area contributed by atoms with Crippen LogP contribution in [0, 0.1) is 11.8 Å². The second-order valence-electron chi connectivity index (χ2n) is 6.99. The van der Waals surface area contributed by atoms with Crippen molar-refractivity contribution in [2.45, 2.75) is 71.3 Å². The van der Waals surface area contributed by atoms with Crippen molar-refractivity contribution < 1.29 is 9.59 Å². The van der Waals surface area contributed by atoms with Gasteiger partial charge in [0.25, 0.3) is 0 Å². The lowest BCUT2D eigenvalue weighted by Gasteiger charge is -2.41. The zero-order chi connectivity index (χ0) is 15.5. The summed E-state index contributed by atoms with van der Waals surface area (Å²) in [4.78, 5) is 26.5. The number of hydrogen-bond donors (Lipinski definition) is 1. The van der Waals surface area contributed by atoms with Gasteiger partial charge in [-0.25, -0.2) is 0 Å². The Morgan fingerprint density at radius 2 is 1.95 bits per heavy atom. The van der Waals surface area contributed by atoms with Crippen molar-refractivity contribution >= 4 is 11.8 Å². The van der Waals surface area contributed by atoms with Crippen molar-refractivity contribution in [1.82, 2.24) is 10.2 Å². The van der Waals surface area contributed by atoms with Gasteiger partial charge in [-0.1, -0.05) is 40.0 Å². The largest absolute Gasteiger partial charge is 0.340 e. The Kier molecular flexibility index (Phi) is 5.28. The first-order valence-corrected chi connectivity index (χ1v) is 8.61. The molecule has 0 radical (unpaired) electrons. The maximum Gasteiger partial charge on any atom is 0.248 e. The lowest BCUT2D eigenvalue weighted by Crippen LogP contribution is -2.66. The smallest absolute Gasteiger partial charge is 0.248 e. The molecule has 4 nitrogen and oxygen atoms in total. The molecule has 0 aromatic rings. The van der Waals surface area contributed by atoms with Crippen molar-refractivity contribution in [2.75, 3.05) is 13.1 Å². The Morgan fingerprint density at radius 1 is 1.24 bits per heavy atom. The molecule has 2 aliphatic rings. The maximum absolute atomic E-state index is 12.7. The molecular formula is C17H30N2O2. The summed E-state index contributed by atoms with van der Waals surface area (Å²) in [5, 5.41) is 2.92. The monoisotopic (exact) mass is 294 g/mol. The number of rotatable bonds is 5. The molecule has 1 aliphatic heterocycles. The lowest BCUT2D eigenvalue weighted by atomic mass is 9.80. The van der Waals surface area contributed by atoms with Crippen LogP contribution in [0.4, 0.5) is 0 Å². The van der Waals surface area contributed by atoms with Gasteiger partial charge in [0, 0.05) is 6.54 Å². The fraction of sp³-hybridized carbons (Fsp3) is 0.882. The normalized spacial score (nSPS) is 29.4. The molecular weight excluding hydrogens is 264 g/mol. The second-order valence-corrected chi connectivity index (χ2v) is 6.99. The first-order valence-electron chi connectivity index (χ1n) is 8.61. The van der Waals surface area contributed by atoms with Crippen LogP contribution in [-0.2, 0) is 9.59 Å². The third-order valence-corrected chi connectivity index (χ3v) is 5.47.